The second-order valence-corrected chi connectivity index (χ2v) is 5.74. The van der Waals surface area contributed by atoms with Crippen molar-refractivity contribution in [2.75, 3.05) is 5.32 Å². The van der Waals surface area contributed by atoms with Crippen LogP contribution < -0.4 is 5.32 Å². The Bertz CT molecular complexity index is 711. The molecule has 0 bridgehead atoms. The first kappa shape index (κ1) is 14.7. The third kappa shape index (κ3) is 3.23. The van der Waals surface area contributed by atoms with Crippen LogP contribution in [0.3, 0.4) is 0 Å². The monoisotopic (exact) mass is 316 g/mol. The molecule has 0 aliphatic rings. The molecule has 8 nitrogen and oxygen atoms in total. The van der Waals surface area contributed by atoms with Gasteiger partial charge in [-0.25, -0.2) is 4.57 Å². The van der Waals surface area contributed by atoms with Crippen LogP contribution in [0.25, 0.3) is 0 Å². The number of benzene rings is 1. The van der Waals surface area contributed by atoms with Gasteiger partial charge in [0.25, 0.3) is 5.91 Å². The molecule has 0 radical (unpaired) electrons. The summed E-state index contributed by atoms with van der Waals surface area (Å²) in [5.41, 5.74) is 1.07. The van der Waals surface area contributed by atoms with Gasteiger partial charge in [-0.3, -0.25) is 4.79 Å². The van der Waals surface area contributed by atoms with Gasteiger partial charge in [-0.15, -0.1) is 5.10 Å². The molecular weight excluding hydrogens is 307 g/mol. The highest BCUT2D eigenvalue weighted by Crippen LogP contribution is 2.34. The Labute approximate surface area is 118 Å². The van der Waals surface area contributed by atoms with Crippen LogP contribution in [-0.2, 0) is 4.57 Å². The molecule has 1 heterocycles. The molecular formula is C10H10ClN4O4P. The zero-order valence-corrected chi connectivity index (χ0v) is 11.8. The minimum Gasteiger partial charge on any atom is -0.319 e. The lowest BCUT2D eigenvalue weighted by molar-refractivity contribution is 0.102. The van der Waals surface area contributed by atoms with Gasteiger partial charge in [0, 0.05) is 0 Å². The summed E-state index contributed by atoms with van der Waals surface area (Å²) in [6, 6.07) is 5.04. The molecule has 1 aromatic carbocycles. The van der Waals surface area contributed by atoms with E-state index in [0.29, 0.717) is 10.7 Å². The normalized spacial score (nSPS) is 11.4. The summed E-state index contributed by atoms with van der Waals surface area (Å²) in [6.07, 6.45) is 0.955. The van der Waals surface area contributed by atoms with Crippen LogP contribution in [-0.4, -0.2) is 30.5 Å². The molecule has 3 N–H and O–H groups in total. The maximum Gasteiger partial charge on any atom is 0.466 e. The van der Waals surface area contributed by atoms with Crippen LogP contribution in [0.1, 0.15) is 16.1 Å². The maximum absolute atomic E-state index is 11.9. The van der Waals surface area contributed by atoms with Crippen LogP contribution in [0, 0.1) is 6.92 Å². The fourth-order valence-electron chi connectivity index (χ4n) is 1.39. The van der Waals surface area contributed by atoms with Crippen molar-refractivity contribution in [3.05, 3.63) is 40.7 Å². The summed E-state index contributed by atoms with van der Waals surface area (Å²) in [6.45, 7) is 1.85. The van der Waals surface area contributed by atoms with E-state index in [1.165, 1.54) is 0 Å². The van der Waals surface area contributed by atoms with Crippen LogP contribution in [0.15, 0.2) is 24.4 Å². The van der Waals surface area contributed by atoms with Crippen molar-refractivity contribution >= 4 is 30.9 Å². The zero-order valence-electron chi connectivity index (χ0n) is 10.2. The number of anilines is 1. The SMILES string of the molecule is Cc1ccc(NC(=O)c2cnn(P(=O)(O)O)n2)c(Cl)c1. The minimum atomic E-state index is -4.65. The lowest BCUT2D eigenvalue weighted by Crippen LogP contribution is -2.13. The van der Waals surface area contributed by atoms with Gasteiger partial charge < -0.3 is 15.1 Å². The number of aromatic nitrogens is 3. The minimum absolute atomic E-state index is 0.179. The second kappa shape index (κ2) is 5.34. The highest BCUT2D eigenvalue weighted by Gasteiger charge is 2.22. The van der Waals surface area contributed by atoms with E-state index < -0.39 is 13.7 Å². The van der Waals surface area contributed by atoms with Gasteiger partial charge in [0.15, 0.2) is 5.69 Å². The van der Waals surface area contributed by atoms with E-state index in [1.807, 2.05) is 6.92 Å². The number of aryl methyl sites for hydroxylation is 1. The molecule has 106 valence electrons. The first-order valence-electron chi connectivity index (χ1n) is 5.33. The molecule has 0 spiro atoms. The highest BCUT2D eigenvalue weighted by molar-refractivity contribution is 7.49. The van der Waals surface area contributed by atoms with Gasteiger partial charge >= 0.3 is 7.75 Å². The summed E-state index contributed by atoms with van der Waals surface area (Å²) in [5.74, 6) is -0.671. The van der Waals surface area contributed by atoms with Crippen LogP contribution >= 0.6 is 19.3 Å². The topological polar surface area (TPSA) is 117 Å². The largest absolute Gasteiger partial charge is 0.466 e. The van der Waals surface area contributed by atoms with Crippen molar-refractivity contribution in [2.45, 2.75) is 6.92 Å². The number of nitrogens with one attached hydrogen (secondary N) is 1. The van der Waals surface area contributed by atoms with Gasteiger partial charge in [0.05, 0.1) is 16.9 Å². The third-order valence-electron chi connectivity index (χ3n) is 2.32. The van der Waals surface area contributed by atoms with Gasteiger partial charge in [0.1, 0.15) is 0 Å². The predicted molar refractivity (Wildman–Crippen MR) is 71.6 cm³/mol. The van der Waals surface area contributed by atoms with Crippen molar-refractivity contribution < 1.29 is 19.1 Å². The molecule has 1 amide bonds. The van der Waals surface area contributed by atoms with E-state index in [1.54, 1.807) is 18.2 Å². The van der Waals surface area contributed by atoms with E-state index >= 15 is 0 Å². The molecule has 1 aromatic heterocycles. The number of nitrogens with zero attached hydrogens (tertiary/aromatic N) is 3. The van der Waals surface area contributed by atoms with Gasteiger partial charge in [0.2, 0.25) is 0 Å². The smallest absolute Gasteiger partial charge is 0.319 e. The molecule has 0 unspecified atom stereocenters. The Balaban J connectivity index is 2.20. The summed E-state index contributed by atoms with van der Waals surface area (Å²) in [5, 5.41) is 9.57. The number of halogens is 1. The predicted octanol–water partition coefficient (Wildman–Crippen LogP) is 1.43. The first-order valence-corrected chi connectivity index (χ1v) is 7.28. The zero-order chi connectivity index (χ0) is 14.9. The number of amides is 1. The summed E-state index contributed by atoms with van der Waals surface area (Å²) in [7, 11) is -4.65. The average Bonchev–Trinajstić information content (AvgIpc) is 2.82. The molecule has 10 heteroatoms. The third-order valence-corrected chi connectivity index (χ3v) is 3.29. The Morgan fingerprint density at radius 2 is 2.15 bits per heavy atom. The van der Waals surface area contributed by atoms with Crippen LogP contribution in [0.5, 0.6) is 0 Å². The Hall–Kier alpha value is -1.73. The average molecular weight is 317 g/mol. The molecule has 0 aliphatic carbocycles. The van der Waals surface area contributed by atoms with Crippen molar-refractivity contribution in [2.24, 2.45) is 0 Å². The van der Waals surface area contributed by atoms with Crippen LogP contribution in [0.4, 0.5) is 5.69 Å². The summed E-state index contributed by atoms with van der Waals surface area (Å²) < 4.78 is 11.1. The van der Waals surface area contributed by atoms with Crippen molar-refractivity contribution in [3.8, 4) is 0 Å². The number of carbonyl (C=O) groups excluding carboxylic acids is 1. The lowest BCUT2D eigenvalue weighted by atomic mass is 10.2. The number of rotatable bonds is 3. The van der Waals surface area contributed by atoms with Crippen molar-refractivity contribution in [1.29, 1.82) is 0 Å². The van der Waals surface area contributed by atoms with Crippen LogP contribution in [0.2, 0.25) is 5.02 Å². The molecule has 0 saturated carbocycles. The van der Waals surface area contributed by atoms with Crippen molar-refractivity contribution in [3.63, 3.8) is 0 Å². The number of carbonyl (C=O) groups is 1. The van der Waals surface area contributed by atoms with Gasteiger partial charge in [-0.05, 0) is 24.6 Å². The fourth-order valence-corrected chi connectivity index (χ4v) is 2.07. The number of hydrogen-bond acceptors (Lipinski definition) is 4. The van der Waals surface area contributed by atoms with Gasteiger partial charge in [-0.2, -0.15) is 5.10 Å². The van der Waals surface area contributed by atoms with E-state index in [-0.39, 0.29) is 10.3 Å². The maximum atomic E-state index is 11.9. The van der Waals surface area contributed by atoms with E-state index in [9.17, 15) is 9.36 Å². The summed E-state index contributed by atoms with van der Waals surface area (Å²) in [4.78, 5) is 29.5. The molecule has 2 aromatic rings. The molecule has 0 fully saturated rings. The van der Waals surface area contributed by atoms with Crippen molar-refractivity contribution in [1.82, 2.24) is 14.8 Å². The molecule has 0 saturated heterocycles. The summed E-state index contributed by atoms with van der Waals surface area (Å²) >= 11 is 5.96. The molecule has 0 atom stereocenters. The second-order valence-electron chi connectivity index (χ2n) is 3.95. The Kier molecular flexibility index (Phi) is 3.92. The first-order chi connectivity index (χ1) is 9.27. The molecule has 2 rings (SSSR count). The standard InChI is InChI=1S/C10H10ClN4O4P/c1-6-2-3-8(7(11)4-6)13-10(16)9-5-12-15(14-9)20(17,18)19/h2-5H,1H3,(H,13,16)(H2,17,18,19). The highest BCUT2D eigenvalue weighted by atomic mass is 35.5. The van der Waals surface area contributed by atoms with E-state index in [2.05, 4.69) is 15.5 Å². The van der Waals surface area contributed by atoms with E-state index in [4.69, 9.17) is 21.4 Å². The fraction of sp³-hybridized carbons (Fsp3) is 0.100. The number of hydrogen-bond donors (Lipinski definition) is 3. The molecule has 0 aliphatic heterocycles. The molecule has 20 heavy (non-hydrogen) atoms. The lowest BCUT2D eigenvalue weighted by Gasteiger charge is -2.06. The quantitative estimate of drug-likeness (QED) is 0.737. The Morgan fingerprint density at radius 1 is 1.45 bits per heavy atom. The van der Waals surface area contributed by atoms with Gasteiger partial charge in [-0.1, -0.05) is 22.2 Å². The van der Waals surface area contributed by atoms with E-state index in [0.717, 1.165) is 11.8 Å². The Morgan fingerprint density at radius 3 is 2.70 bits per heavy atom.